The highest BCUT2D eigenvalue weighted by Crippen LogP contribution is 2.19. The van der Waals surface area contributed by atoms with Crippen LogP contribution >= 0.6 is 0 Å². The van der Waals surface area contributed by atoms with Crippen molar-refractivity contribution in [2.45, 2.75) is 12.8 Å². The molecule has 1 aliphatic heterocycles. The van der Waals surface area contributed by atoms with Gasteiger partial charge in [0.05, 0.1) is 6.61 Å². The van der Waals surface area contributed by atoms with Crippen LogP contribution < -0.4 is 10.1 Å². The van der Waals surface area contributed by atoms with Crippen LogP contribution in [0.5, 0.6) is 5.75 Å². The molecule has 0 bridgehead atoms. The molecule has 0 radical (unpaired) electrons. The summed E-state index contributed by atoms with van der Waals surface area (Å²) in [5, 5.41) is 3.40. The topological polar surface area (TPSA) is 30.5 Å². The van der Waals surface area contributed by atoms with Gasteiger partial charge in [0.15, 0.2) is 0 Å². The molecule has 2 rings (SSSR count). The lowest BCUT2D eigenvalue weighted by atomic mass is 9.99. The minimum atomic E-state index is 0.616. The van der Waals surface area contributed by atoms with E-state index in [2.05, 4.69) is 23.5 Å². The summed E-state index contributed by atoms with van der Waals surface area (Å²) in [6.45, 7) is 3.56. The van der Waals surface area contributed by atoms with Crippen molar-refractivity contribution < 1.29 is 9.47 Å². The maximum Gasteiger partial charge on any atom is 0.119 e. The molecule has 94 valence electrons. The second kappa shape index (κ2) is 6.62. The van der Waals surface area contributed by atoms with E-state index in [1.54, 1.807) is 7.11 Å². The minimum absolute atomic E-state index is 0.616. The number of nitrogens with one attached hydrogen (secondary N) is 1. The summed E-state index contributed by atoms with van der Waals surface area (Å²) in [5.74, 6) is 1.73. The van der Waals surface area contributed by atoms with Gasteiger partial charge in [-0.2, -0.15) is 0 Å². The molecule has 1 heterocycles. The fraction of sp³-hybridized carbons (Fsp3) is 0.571. The standard InChI is InChI=1S/C14H21NO2/c1-16-7-8-17-14-4-2-3-12(10-14)9-13-5-6-15-11-13/h2-4,10,13,15H,5-9,11H2,1H3. The zero-order valence-electron chi connectivity index (χ0n) is 10.4. The highest BCUT2D eigenvalue weighted by atomic mass is 16.5. The van der Waals surface area contributed by atoms with Gasteiger partial charge in [0.1, 0.15) is 12.4 Å². The van der Waals surface area contributed by atoms with Crippen LogP contribution in [0.25, 0.3) is 0 Å². The summed E-state index contributed by atoms with van der Waals surface area (Å²) < 4.78 is 10.6. The molecule has 3 nitrogen and oxygen atoms in total. The highest BCUT2D eigenvalue weighted by molar-refractivity contribution is 5.28. The molecule has 1 fully saturated rings. The van der Waals surface area contributed by atoms with Crippen LogP contribution in [0.1, 0.15) is 12.0 Å². The first-order chi connectivity index (χ1) is 8.38. The Morgan fingerprint density at radius 2 is 2.29 bits per heavy atom. The molecule has 0 saturated carbocycles. The predicted octanol–water partition coefficient (Wildman–Crippen LogP) is 1.86. The summed E-state index contributed by atoms with van der Waals surface area (Å²) in [6.07, 6.45) is 2.43. The molecule has 1 aromatic rings. The number of ether oxygens (including phenoxy) is 2. The Hall–Kier alpha value is -1.06. The van der Waals surface area contributed by atoms with Gasteiger partial charge in [-0.05, 0) is 49.5 Å². The average Bonchev–Trinajstić information content (AvgIpc) is 2.83. The monoisotopic (exact) mass is 235 g/mol. The van der Waals surface area contributed by atoms with E-state index in [-0.39, 0.29) is 0 Å². The van der Waals surface area contributed by atoms with Gasteiger partial charge in [0.2, 0.25) is 0 Å². The lowest BCUT2D eigenvalue weighted by molar-refractivity contribution is 0.146. The third-order valence-corrected chi connectivity index (χ3v) is 3.14. The van der Waals surface area contributed by atoms with Crippen molar-refractivity contribution in [2.24, 2.45) is 5.92 Å². The molecule has 1 atom stereocenters. The Morgan fingerprint density at radius 3 is 3.06 bits per heavy atom. The van der Waals surface area contributed by atoms with Gasteiger partial charge < -0.3 is 14.8 Å². The molecule has 0 aromatic heterocycles. The molecule has 0 aliphatic carbocycles. The van der Waals surface area contributed by atoms with Crippen LogP contribution in [0, 0.1) is 5.92 Å². The normalized spacial score (nSPS) is 19.5. The number of hydrogen-bond donors (Lipinski definition) is 1. The molecule has 1 saturated heterocycles. The molecule has 3 heteroatoms. The van der Waals surface area contributed by atoms with Crippen LogP contribution in [-0.4, -0.2) is 33.4 Å². The minimum Gasteiger partial charge on any atom is -0.491 e. The van der Waals surface area contributed by atoms with Gasteiger partial charge in [-0.25, -0.2) is 0 Å². The quantitative estimate of drug-likeness (QED) is 0.763. The van der Waals surface area contributed by atoms with Crippen LogP contribution in [0.4, 0.5) is 0 Å². The van der Waals surface area contributed by atoms with E-state index in [1.807, 2.05) is 6.07 Å². The Kier molecular flexibility index (Phi) is 4.83. The van der Waals surface area contributed by atoms with E-state index in [1.165, 1.54) is 12.0 Å². The Morgan fingerprint density at radius 1 is 1.35 bits per heavy atom. The van der Waals surface area contributed by atoms with Gasteiger partial charge in [-0.15, -0.1) is 0 Å². The van der Waals surface area contributed by atoms with E-state index in [9.17, 15) is 0 Å². The largest absolute Gasteiger partial charge is 0.491 e. The van der Waals surface area contributed by atoms with E-state index in [0.29, 0.717) is 13.2 Å². The van der Waals surface area contributed by atoms with Gasteiger partial charge >= 0.3 is 0 Å². The molecule has 1 aliphatic rings. The molecule has 0 spiro atoms. The third kappa shape index (κ3) is 4.02. The van der Waals surface area contributed by atoms with Crippen molar-refractivity contribution in [3.63, 3.8) is 0 Å². The molecule has 1 N–H and O–H groups in total. The number of methoxy groups -OCH3 is 1. The smallest absolute Gasteiger partial charge is 0.119 e. The van der Waals surface area contributed by atoms with Crippen LogP contribution in [0.3, 0.4) is 0 Å². The summed E-state index contributed by atoms with van der Waals surface area (Å²) in [5.41, 5.74) is 1.37. The van der Waals surface area contributed by atoms with Crippen molar-refractivity contribution in [1.82, 2.24) is 5.32 Å². The van der Waals surface area contributed by atoms with Gasteiger partial charge in [-0.1, -0.05) is 12.1 Å². The fourth-order valence-electron chi connectivity index (χ4n) is 2.23. The Balaban J connectivity index is 1.86. The van der Waals surface area contributed by atoms with Crippen molar-refractivity contribution in [1.29, 1.82) is 0 Å². The second-order valence-electron chi connectivity index (χ2n) is 4.55. The van der Waals surface area contributed by atoms with Crippen molar-refractivity contribution in [3.05, 3.63) is 29.8 Å². The summed E-state index contributed by atoms with van der Waals surface area (Å²) in [7, 11) is 1.69. The zero-order chi connectivity index (χ0) is 11.9. The first-order valence-corrected chi connectivity index (χ1v) is 6.30. The van der Waals surface area contributed by atoms with E-state index >= 15 is 0 Å². The first-order valence-electron chi connectivity index (χ1n) is 6.30. The molecule has 0 amide bonds. The molecular formula is C14H21NO2. The molecule has 1 aromatic carbocycles. The predicted molar refractivity (Wildman–Crippen MR) is 68.5 cm³/mol. The molecule has 17 heavy (non-hydrogen) atoms. The van der Waals surface area contributed by atoms with E-state index in [0.717, 1.165) is 31.2 Å². The summed E-state index contributed by atoms with van der Waals surface area (Å²) in [6, 6.07) is 8.40. The zero-order valence-corrected chi connectivity index (χ0v) is 10.4. The Labute approximate surface area is 103 Å². The number of benzene rings is 1. The van der Waals surface area contributed by atoms with Crippen molar-refractivity contribution in [3.8, 4) is 5.75 Å². The van der Waals surface area contributed by atoms with Crippen LogP contribution in [0.2, 0.25) is 0 Å². The average molecular weight is 235 g/mol. The molecular weight excluding hydrogens is 214 g/mol. The third-order valence-electron chi connectivity index (χ3n) is 3.14. The highest BCUT2D eigenvalue weighted by Gasteiger charge is 2.14. The van der Waals surface area contributed by atoms with E-state index < -0.39 is 0 Å². The Bertz CT molecular complexity index is 335. The second-order valence-corrected chi connectivity index (χ2v) is 4.55. The number of hydrogen-bond acceptors (Lipinski definition) is 3. The SMILES string of the molecule is COCCOc1cccc(CC2CCNC2)c1. The molecule has 1 unspecified atom stereocenters. The summed E-state index contributed by atoms with van der Waals surface area (Å²) in [4.78, 5) is 0. The van der Waals surface area contributed by atoms with Gasteiger partial charge in [0, 0.05) is 7.11 Å². The van der Waals surface area contributed by atoms with E-state index in [4.69, 9.17) is 9.47 Å². The van der Waals surface area contributed by atoms with Crippen LogP contribution in [-0.2, 0) is 11.2 Å². The van der Waals surface area contributed by atoms with Gasteiger partial charge in [0.25, 0.3) is 0 Å². The maximum atomic E-state index is 5.61. The van der Waals surface area contributed by atoms with Crippen molar-refractivity contribution in [2.75, 3.05) is 33.4 Å². The lowest BCUT2D eigenvalue weighted by Gasteiger charge is -2.10. The number of rotatable bonds is 6. The van der Waals surface area contributed by atoms with Crippen molar-refractivity contribution >= 4 is 0 Å². The van der Waals surface area contributed by atoms with Gasteiger partial charge in [-0.3, -0.25) is 0 Å². The first kappa shape index (κ1) is 12.4. The van der Waals surface area contributed by atoms with Crippen LogP contribution in [0.15, 0.2) is 24.3 Å². The fourth-order valence-corrected chi connectivity index (χ4v) is 2.23. The summed E-state index contributed by atoms with van der Waals surface area (Å²) >= 11 is 0. The maximum absolute atomic E-state index is 5.61. The lowest BCUT2D eigenvalue weighted by Crippen LogP contribution is -2.11.